The number of rotatable bonds is 6. The highest BCUT2D eigenvalue weighted by Gasteiger charge is 2.45. The van der Waals surface area contributed by atoms with Crippen LogP contribution in [-0.2, 0) is 11.3 Å². The number of pyridine rings is 1. The minimum atomic E-state index is -0.168. The lowest BCUT2D eigenvalue weighted by Crippen LogP contribution is -2.19. The van der Waals surface area contributed by atoms with Crippen LogP contribution in [0, 0.1) is 19.8 Å². The molecule has 1 aliphatic rings. The molecule has 4 heteroatoms. The molecule has 162 valence electrons. The molecule has 0 bridgehead atoms. The van der Waals surface area contributed by atoms with Gasteiger partial charge in [-0.2, -0.15) is 0 Å². The zero-order valence-corrected chi connectivity index (χ0v) is 19.3. The van der Waals surface area contributed by atoms with Gasteiger partial charge >= 0.3 is 0 Å². The number of aromatic nitrogens is 1. The minimum Gasteiger partial charge on any atom is -0.480 e. The summed E-state index contributed by atoms with van der Waals surface area (Å²) in [6, 6.07) is 14.2. The van der Waals surface area contributed by atoms with E-state index in [0.717, 1.165) is 17.3 Å². The first-order valence-corrected chi connectivity index (χ1v) is 10.9. The number of ketones is 1. The fourth-order valence-electron chi connectivity index (χ4n) is 4.24. The molecular formula is C27H31NO3. The summed E-state index contributed by atoms with van der Waals surface area (Å²) in [7, 11) is 1.57. The second-order valence-electron chi connectivity index (χ2n) is 9.59. The van der Waals surface area contributed by atoms with E-state index in [1.807, 2.05) is 30.3 Å². The van der Waals surface area contributed by atoms with E-state index >= 15 is 0 Å². The van der Waals surface area contributed by atoms with Gasteiger partial charge in [-0.3, -0.25) is 4.79 Å². The van der Waals surface area contributed by atoms with E-state index in [4.69, 9.17) is 9.47 Å². The van der Waals surface area contributed by atoms with Gasteiger partial charge in [0.15, 0.2) is 5.78 Å². The van der Waals surface area contributed by atoms with Gasteiger partial charge in [0.1, 0.15) is 0 Å². The smallest absolute Gasteiger partial charge is 0.224 e. The molecule has 1 aromatic heterocycles. The third-order valence-corrected chi connectivity index (χ3v) is 6.07. The van der Waals surface area contributed by atoms with Crippen molar-refractivity contribution >= 4 is 16.7 Å². The number of methoxy groups -OCH3 is 1. The average molecular weight is 418 g/mol. The number of para-hydroxylation sites is 1. The second-order valence-corrected chi connectivity index (χ2v) is 9.59. The molecule has 0 amide bonds. The number of carbonyl (C=O) groups is 1. The van der Waals surface area contributed by atoms with Gasteiger partial charge in [-0.05, 0) is 81.3 Å². The summed E-state index contributed by atoms with van der Waals surface area (Å²) in [4.78, 5) is 17.9. The lowest BCUT2D eigenvalue weighted by atomic mass is 9.95. The molecule has 0 N–H and O–H groups in total. The van der Waals surface area contributed by atoms with Crippen LogP contribution in [0.1, 0.15) is 65.7 Å². The van der Waals surface area contributed by atoms with Crippen molar-refractivity contribution in [1.82, 2.24) is 4.98 Å². The van der Waals surface area contributed by atoms with Gasteiger partial charge in [0, 0.05) is 11.3 Å². The number of ether oxygens (including phenoxy) is 2. The SMILES string of the molecule is COc1nc2ccccc2cc1C(=O)C1CC1c1cc(C)c(COC(C)(C)C)c(C)c1. The first-order valence-electron chi connectivity index (χ1n) is 10.9. The molecule has 1 saturated carbocycles. The van der Waals surface area contributed by atoms with Crippen LogP contribution in [0.4, 0.5) is 0 Å². The molecule has 3 aromatic rings. The minimum absolute atomic E-state index is 0.0210. The Morgan fingerprint density at radius 1 is 1.10 bits per heavy atom. The maximum Gasteiger partial charge on any atom is 0.224 e. The van der Waals surface area contributed by atoms with Crippen LogP contribution in [-0.4, -0.2) is 23.5 Å². The van der Waals surface area contributed by atoms with Gasteiger partial charge in [0.2, 0.25) is 5.88 Å². The van der Waals surface area contributed by atoms with Crippen LogP contribution < -0.4 is 4.74 Å². The van der Waals surface area contributed by atoms with E-state index < -0.39 is 0 Å². The lowest BCUT2D eigenvalue weighted by molar-refractivity contribution is -0.0153. The molecule has 1 heterocycles. The van der Waals surface area contributed by atoms with Crippen molar-refractivity contribution in [2.75, 3.05) is 7.11 Å². The Balaban J connectivity index is 1.56. The predicted octanol–water partition coefficient (Wildman–Crippen LogP) is 6.16. The molecule has 0 saturated heterocycles. The van der Waals surface area contributed by atoms with Crippen LogP contribution >= 0.6 is 0 Å². The van der Waals surface area contributed by atoms with Gasteiger partial charge in [-0.15, -0.1) is 0 Å². The molecule has 0 spiro atoms. The molecular weight excluding hydrogens is 386 g/mol. The van der Waals surface area contributed by atoms with Crippen molar-refractivity contribution < 1.29 is 14.3 Å². The Bertz CT molecular complexity index is 1120. The van der Waals surface area contributed by atoms with Gasteiger partial charge < -0.3 is 9.47 Å². The summed E-state index contributed by atoms with van der Waals surface area (Å²) in [5.41, 5.74) is 6.17. The Labute approximate surface area is 184 Å². The summed E-state index contributed by atoms with van der Waals surface area (Å²) >= 11 is 0. The third-order valence-electron chi connectivity index (χ3n) is 6.07. The Morgan fingerprint density at radius 2 is 1.77 bits per heavy atom. The Morgan fingerprint density at radius 3 is 2.42 bits per heavy atom. The van der Waals surface area contributed by atoms with Crippen LogP contribution in [0.25, 0.3) is 10.9 Å². The topological polar surface area (TPSA) is 48.4 Å². The number of hydrogen-bond donors (Lipinski definition) is 0. The summed E-state index contributed by atoms with van der Waals surface area (Å²) in [5.74, 6) is 0.762. The number of hydrogen-bond acceptors (Lipinski definition) is 4. The highest BCUT2D eigenvalue weighted by molar-refractivity contribution is 6.04. The average Bonchev–Trinajstić information content (AvgIpc) is 3.51. The molecule has 0 radical (unpaired) electrons. The van der Waals surface area contributed by atoms with Crippen molar-refractivity contribution in [2.24, 2.45) is 5.92 Å². The molecule has 4 rings (SSSR count). The molecule has 1 aliphatic carbocycles. The predicted molar refractivity (Wildman–Crippen MR) is 124 cm³/mol. The van der Waals surface area contributed by atoms with Crippen LogP contribution in [0.15, 0.2) is 42.5 Å². The maximum atomic E-state index is 13.3. The van der Waals surface area contributed by atoms with Gasteiger partial charge in [-0.1, -0.05) is 30.3 Å². The molecule has 2 atom stereocenters. The number of nitrogens with zero attached hydrogens (tertiary/aromatic N) is 1. The number of Topliss-reactive ketones (excluding diaryl/α,β-unsaturated/α-hetero) is 1. The zero-order chi connectivity index (χ0) is 22.3. The third kappa shape index (κ3) is 4.49. The maximum absolute atomic E-state index is 13.3. The number of fused-ring (bicyclic) bond motifs is 1. The van der Waals surface area contributed by atoms with Crippen LogP contribution in [0.2, 0.25) is 0 Å². The summed E-state index contributed by atoms with van der Waals surface area (Å²) in [6.07, 6.45) is 0.867. The number of benzene rings is 2. The molecule has 2 unspecified atom stereocenters. The van der Waals surface area contributed by atoms with Crippen LogP contribution in [0.5, 0.6) is 5.88 Å². The van der Waals surface area contributed by atoms with Crippen LogP contribution in [0.3, 0.4) is 0 Å². The van der Waals surface area contributed by atoms with E-state index in [-0.39, 0.29) is 23.2 Å². The lowest BCUT2D eigenvalue weighted by Gasteiger charge is -2.21. The van der Waals surface area contributed by atoms with Gasteiger partial charge in [0.05, 0.1) is 30.4 Å². The second kappa shape index (κ2) is 8.08. The highest BCUT2D eigenvalue weighted by Crippen LogP contribution is 2.50. The molecule has 0 aliphatic heterocycles. The van der Waals surface area contributed by atoms with Crippen molar-refractivity contribution in [1.29, 1.82) is 0 Å². The summed E-state index contributed by atoms with van der Waals surface area (Å²) in [5, 5.41) is 0.957. The van der Waals surface area contributed by atoms with Crippen molar-refractivity contribution in [2.45, 2.75) is 59.2 Å². The normalized spacial score (nSPS) is 18.3. The molecule has 31 heavy (non-hydrogen) atoms. The molecule has 1 fully saturated rings. The first-order chi connectivity index (χ1) is 14.7. The zero-order valence-electron chi connectivity index (χ0n) is 19.3. The van der Waals surface area contributed by atoms with Crippen molar-refractivity contribution in [3.8, 4) is 5.88 Å². The largest absolute Gasteiger partial charge is 0.480 e. The number of carbonyl (C=O) groups excluding carboxylic acids is 1. The number of aryl methyl sites for hydroxylation is 2. The summed E-state index contributed by atoms with van der Waals surface area (Å²) in [6.45, 7) is 11.1. The Hall–Kier alpha value is -2.72. The van der Waals surface area contributed by atoms with E-state index in [1.54, 1.807) is 7.11 Å². The highest BCUT2D eigenvalue weighted by atomic mass is 16.5. The standard InChI is InChI=1S/C27H31NO3/c1-16-11-19(12-17(2)23(16)15-31-27(3,4)5)20-14-21(20)25(29)22-13-18-9-7-8-10-24(18)28-26(22)30-6/h7-13,20-21H,14-15H2,1-6H3. The fourth-order valence-corrected chi connectivity index (χ4v) is 4.24. The van der Waals surface area contributed by atoms with Crippen molar-refractivity contribution in [3.63, 3.8) is 0 Å². The quantitative estimate of drug-likeness (QED) is 0.451. The van der Waals surface area contributed by atoms with Gasteiger partial charge in [-0.25, -0.2) is 4.98 Å². The van der Waals surface area contributed by atoms with E-state index in [1.165, 1.54) is 22.3 Å². The molecule has 4 nitrogen and oxygen atoms in total. The molecule has 2 aromatic carbocycles. The monoisotopic (exact) mass is 417 g/mol. The first kappa shape index (κ1) is 21.5. The van der Waals surface area contributed by atoms with Crippen molar-refractivity contribution in [3.05, 3.63) is 70.3 Å². The van der Waals surface area contributed by atoms with Gasteiger partial charge in [0.25, 0.3) is 0 Å². The van der Waals surface area contributed by atoms with E-state index in [0.29, 0.717) is 18.1 Å². The fraction of sp³-hybridized carbons (Fsp3) is 0.407. The van der Waals surface area contributed by atoms with E-state index in [2.05, 4.69) is 51.7 Å². The summed E-state index contributed by atoms with van der Waals surface area (Å²) < 4.78 is 11.5. The van der Waals surface area contributed by atoms with E-state index in [9.17, 15) is 4.79 Å². The Kier molecular flexibility index (Phi) is 5.61.